The van der Waals surface area contributed by atoms with Crippen LogP contribution in [0.5, 0.6) is 0 Å². The Bertz CT molecular complexity index is 704. The second-order valence-corrected chi connectivity index (χ2v) is 7.07. The van der Waals surface area contributed by atoms with Gasteiger partial charge in [0.25, 0.3) is 0 Å². The highest BCUT2D eigenvalue weighted by atomic mass is 16.6. The summed E-state index contributed by atoms with van der Waals surface area (Å²) in [7, 11) is 0. The number of benzene rings is 1. The minimum absolute atomic E-state index is 0.246. The third-order valence-electron chi connectivity index (χ3n) is 3.91. The maximum Gasteiger partial charge on any atom is 0.410 e. The van der Waals surface area contributed by atoms with Crippen LogP contribution in [0.3, 0.4) is 0 Å². The Kier molecular flexibility index (Phi) is 4.46. The van der Waals surface area contributed by atoms with E-state index in [1.807, 2.05) is 26.8 Å². The average Bonchev–Trinajstić information content (AvgIpc) is 3.04. The van der Waals surface area contributed by atoms with Crippen molar-refractivity contribution in [1.82, 2.24) is 15.1 Å². The first kappa shape index (κ1) is 16.4. The number of hydrogen-bond acceptors (Lipinski definition) is 4. The van der Waals surface area contributed by atoms with Gasteiger partial charge in [0, 0.05) is 25.0 Å². The van der Waals surface area contributed by atoms with Gasteiger partial charge in [-0.2, -0.15) is 5.10 Å². The van der Waals surface area contributed by atoms with Crippen LogP contribution in [0.4, 0.5) is 10.5 Å². The van der Waals surface area contributed by atoms with E-state index in [-0.39, 0.29) is 6.09 Å². The van der Waals surface area contributed by atoms with Crippen LogP contribution in [0.15, 0.2) is 30.5 Å². The molecule has 0 bridgehead atoms. The van der Waals surface area contributed by atoms with Crippen molar-refractivity contribution >= 4 is 11.8 Å². The summed E-state index contributed by atoms with van der Waals surface area (Å²) < 4.78 is 5.48. The van der Waals surface area contributed by atoms with E-state index >= 15 is 0 Å². The highest BCUT2D eigenvalue weighted by molar-refractivity contribution is 5.69. The molecule has 3 rings (SSSR count). The standard InChI is InChI=1S/C18H24N4O2/c1-18(2,3)24-17(23)22-9-7-13-4-5-15(10-14(13)12-22)19-11-16-6-8-20-21-16/h4-6,8,10,19H,7,9,11-12H2,1-3H3,(H,20,21). The number of amides is 1. The number of hydrogen-bond donors (Lipinski definition) is 2. The first-order valence-corrected chi connectivity index (χ1v) is 8.22. The molecule has 0 radical (unpaired) electrons. The molecule has 24 heavy (non-hydrogen) atoms. The van der Waals surface area contributed by atoms with Crippen LogP contribution >= 0.6 is 0 Å². The molecule has 1 amide bonds. The molecule has 1 aliphatic rings. The zero-order valence-corrected chi connectivity index (χ0v) is 14.4. The van der Waals surface area contributed by atoms with Gasteiger partial charge in [-0.15, -0.1) is 0 Å². The molecule has 0 fully saturated rings. The predicted molar refractivity (Wildman–Crippen MR) is 92.7 cm³/mol. The number of ether oxygens (including phenoxy) is 1. The number of nitrogens with one attached hydrogen (secondary N) is 2. The number of aromatic nitrogens is 2. The van der Waals surface area contributed by atoms with Gasteiger partial charge in [0.1, 0.15) is 5.60 Å². The maximum atomic E-state index is 12.3. The van der Waals surface area contributed by atoms with Crippen LogP contribution in [-0.4, -0.2) is 33.3 Å². The van der Waals surface area contributed by atoms with Crippen molar-refractivity contribution < 1.29 is 9.53 Å². The highest BCUT2D eigenvalue weighted by Gasteiger charge is 2.25. The molecule has 2 N–H and O–H groups in total. The van der Waals surface area contributed by atoms with Gasteiger partial charge >= 0.3 is 6.09 Å². The molecule has 2 aromatic rings. The van der Waals surface area contributed by atoms with Gasteiger partial charge in [0.15, 0.2) is 0 Å². The summed E-state index contributed by atoms with van der Waals surface area (Å²) in [4.78, 5) is 14.0. The van der Waals surface area contributed by atoms with Crippen molar-refractivity contribution in [1.29, 1.82) is 0 Å². The molecule has 0 spiro atoms. The number of H-pyrrole nitrogens is 1. The lowest BCUT2D eigenvalue weighted by atomic mass is 9.99. The van der Waals surface area contributed by atoms with E-state index in [2.05, 4.69) is 33.7 Å². The number of fused-ring (bicyclic) bond motifs is 1. The summed E-state index contributed by atoms with van der Waals surface area (Å²) in [5.74, 6) is 0. The molecule has 1 aliphatic heterocycles. The quantitative estimate of drug-likeness (QED) is 0.907. The lowest BCUT2D eigenvalue weighted by molar-refractivity contribution is 0.0224. The monoisotopic (exact) mass is 328 g/mol. The molecular formula is C18H24N4O2. The van der Waals surface area contributed by atoms with E-state index in [0.29, 0.717) is 19.6 Å². The van der Waals surface area contributed by atoms with Crippen molar-refractivity contribution in [2.75, 3.05) is 11.9 Å². The molecule has 0 saturated carbocycles. The Morgan fingerprint density at radius 1 is 1.33 bits per heavy atom. The molecule has 0 saturated heterocycles. The fraction of sp³-hybridized carbons (Fsp3) is 0.444. The number of aromatic amines is 1. The molecular weight excluding hydrogens is 304 g/mol. The van der Waals surface area contributed by atoms with Gasteiger partial charge in [-0.1, -0.05) is 6.07 Å². The molecule has 1 aromatic heterocycles. The summed E-state index contributed by atoms with van der Waals surface area (Å²) in [6, 6.07) is 8.27. The lowest BCUT2D eigenvalue weighted by Gasteiger charge is -2.31. The minimum Gasteiger partial charge on any atom is -0.444 e. The van der Waals surface area contributed by atoms with E-state index in [0.717, 1.165) is 17.8 Å². The Balaban J connectivity index is 1.66. The van der Waals surface area contributed by atoms with Crippen molar-refractivity contribution in [2.45, 2.75) is 45.9 Å². The number of anilines is 1. The number of nitrogens with zero attached hydrogens (tertiary/aromatic N) is 2. The molecule has 128 valence electrons. The van der Waals surface area contributed by atoms with Gasteiger partial charge in [0.05, 0.1) is 12.2 Å². The topological polar surface area (TPSA) is 70.2 Å². The van der Waals surface area contributed by atoms with Crippen LogP contribution in [-0.2, 0) is 24.2 Å². The molecule has 0 unspecified atom stereocenters. The van der Waals surface area contributed by atoms with Gasteiger partial charge in [0.2, 0.25) is 0 Å². The summed E-state index contributed by atoms with van der Waals surface area (Å²) in [5.41, 5.74) is 4.06. The molecule has 0 aliphatic carbocycles. The Morgan fingerprint density at radius 3 is 2.88 bits per heavy atom. The third-order valence-corrected chi connectivity index (χ3v) is 3.91. The molecule has 0 atom stereocenters. The van der Waals surface area contributed by atoms with E-state index < -0.39 is 5.60 Å². The van der Waals surface area contributed by atoms with E-state index in [4.69, 9.17) is 4.74 Å². The zero-order valence-electron chi connectivity index (χ0n) is 14.4. The van der Waals surface area contributed by atoms with Crippen molar-refractivity contribution in [3.63, 3.8) is 0 Å². The summed E-state index contributed by atoms with van der Waals surface area (Å²) in [6.07, 6.45) is 2.35. The zero-order chi connectivity index (χ0) is 17.2. The molecule has 2 heterocycles. The first-order chi connectivity index (χ1) is 11.4. The van der Waals surface area contributed by atoms with Crippen LogP contribution in [0, 0.1) is 0 Å². The van der Waals surface area contributed by atoms with Crippen molar-refractivity contribution in [2.24, 2.45) is 0 Å². The minimum atomic E-state index is -0.467. The number of rotatable bonds is 3. The molecule has 6 nitrogen and oxygen atoms in total. The normalized spacial score (nSPS) is 14.2. The van der Waals surface area contributed by atoms with Gasteiger partial charge < -0.3 is 15.0 Å². The largest absolute Gasteiger partial charge is 0.444 e. The average molecular weight is 328 g/mol. The van der Waals surface area contributed by atoms with Crippen molar-refractivity contribution in [3.8, 4) is 0 Å². The van der Waals surface area contributed by atoms with Crippen LogP contribution < -0.4 is 5.32 Å². The lowest BCUT2D eigenvalue weighted by Crippen LogP contribution is -2.39. The Hall–Kier alpha value is -2.50. The smallest absolute Gasteiger partial charge is 0.410 e. The molecule has 1 aromatic carbocycles. The van der Waals surface area contributed by atoms with Gasteiger partial charge in [-0.05, 0) is 56.5 Å². The fourth-order valence-corrected chi connectivity index (χ4v) is 2.73. The molecule has 6 heteroatoms. The Morgan fingerprint density at radius 2 is 2.17 bits per heavy atom. The second-order valence-electron chi connectivity index (χ2n) is 7.07. The summed E-state index contributed by atoms with van der Waals surface area (Å²) in [5, 5.41) is 10.2. The SMILES string of the molecule is CC(C)(C)OC(=O)N1CCc2ccc(NCc3ccn[nH]3)cc2C1. The van der Waals surface area contributed by atoms with Gasteiger partial charge in [-0.3, -0.25) is 5.10 Å². The first-order valence-electron chi connectivity index (χ1n) is 8.22. The van der Waals surface area contributed by atoms with Crippen LogP contribution in [0.2, 0.25) is 0 Å². The summed E-state index contributed by atoms with van der Waals surface area (Å²) >= 11 is 0. The number of carbonyl (C=O) groups is 1. The second kappa shape index (κ2) is 6.55. The van der Waals surface area contributed by atoms with Gasteiger partial charge in [-0.25, -0.2) is 4.79 Å². The van der Waals surface area contributed by atoms with Crippen LogP contribution in [0.25, 0.3) is 0 Å². The Labute approximate surface area is 142 Å². The van der Waals surface area contributed by atoms with E-state index in [1.165, 1.54) is 11.1 Å². The van der Waals surface area contributed by atoms with Crippen molar-refractivity contribution in [3.05, 3.63) is 47.3 Å². The summed E-state index contributed by atoms with van der Waals surface area (Å²) in [6.45, 7) is 7.64. The third kappa shape index (κ3) is 4.07. The van der Waals surface area contributed by atoms with Crippen LogP contribution in [0.1, 0.15) is 37.6 Å². The van der Waals surface area contributed by atoms with E-state index in [1.54, 1.807) is 11.1 Å². The van der Waals surface area contributed by atoms with E-state index in [9.17, 15) is 4.79 Å². The highest BCUT2D eigenvalue weighted by Crippen LogP contribution is 2.24. The maximum absolute atomic E-state index is 12.3. The number of carbonyl (C=O) groups excluding carboxylic acids is 1. The fourth-order valence-electron chi connectivity index (χ4n) is 2.73. The predicted octanol–water partition coefficient (Wildman–Crippen LogP) is 3.32.